The van der Waals surface area contributed by atoms with Crippen LogP contribution in [0, 0.1) is 0 Å². The summed E-state index contributed by atoms with van der Waals surface area (Å²) in [5.74, 6) is 5.85. The monoisotopic (exact) mass is 716 g/mol. The maximum atomic E-state index is 6.18. The fraction of sp³-hybridized carbons (Fsp3) is 0.220. The molecule has 0 aliphatic heterocycles. The van der Waals surface area contributed by atoms with Gasteiger partial charge in [-0.1, -0.05) is 38.1 Å². The Hall–Kier alpha value is -5.73. The lowest BCUT2D eigenvalue weighted by atomic mass is 9.78. The molecule has 0 spiro atoms. The molecule has 52 heavy (non-hydrogen) atoms. The molecule has 10 nitrogen and oxygen atoms in total. The van der Waals surface area contributed by atoms with E-state index < -0.39 is 0 Å². The highest BCUT2D eigenvalue weighted by atomic mass is 31.1. The van der Waals surface area contributed by atoms with Crippen LogP contribution in [0.5, 0.6) is 23.0 Å². The summed E-state index contributed by atoms with van der Waals surface area (Å²) in [5.41, 5.74) is 3.66. The van der Waals surface area contributed by atoms with Crippen LogP contribution in [0.2, 0.25) is 0 Å². The molecule has 0 amide bonds. The van der Waals surface area contributed by atoms with Crippen molar-refractivity contribution in [3.8, 4) is 23.0 Å². The largest absolute Gasteiger partial charge is 0.475 e. The van der Waals surface area contributed by atoms with Crippen molar-refractivity contribution >= 4 is 31.9 Å². The van der Waals surface area contributed by atoms with Gasteiger partial charge in [0.15, 0.2) is 0 Å². The predicted octanol–water partition coefficient (Wildman–Crippen LogP) is 7.91. The number of aliphatic imine (C=N–C) groups is 2. The molecule has 2 aromatic heterocycles. The van der Waals surface area contributed by atoms with Crippen LogP contribution in [0.25, 0.3) is 0 Å². The smallest absolute Gasteiger partial charge is 0.347 e. The number of nitrogens with zero attached hydrogens (tertiary/aromatic N) is 6. The zero-order valence-corrected chi connectivity index (χ0v) is 31.9. The fourth-order valence-electron chi connectivity index (χ4n) is 5.91. The van der Waals surface area contributed by atoms with Crippen LogP contribution < -0.4 is 18.6 Å². The first-order valence-electron chi connectivity index (χ1n) is 16.9. The summed E-state index contributed by atoms with van der Waals surface area (Å²) in [6.45, 7) is 6.55. The van der Waals surface area contributed by atoms with Gasteiger partial charge in [-0.15, -0.1) is 0 Å². The first-order chi connectivity index (χ1) is 25.1. The molecule has 0 aliphatic carbocycles. The SMILES string of the molecule is COC(=Nc1ccc(Oc2ccc(C(C)(C)c3ccc(Oc4ccc(N=C(OC)c5n(PC)cc[n+]5C)cc4)cc3)cc2)cc1)c1n(C)cc[n+]1C. The van der Waals surface area contributed by atoms with E-state index in [4.69, 9.17) is 28.9 Å². The summed E-state index contributed by atoms with van der Waals surface area (Å²) in [5, 5.41) is 0. The van der Waals surface area contributed by atoms with E-state index in [1.54, 1.807) is 14.2 Å². The van der Waals surface area contributed by atoms with Crippen molar-refractivity contribution in [2.45, 2.75) is 19.3 Å². The molecule has 4 aromatic carbocycles. The minimum absolute atomic E-state index is 0.238. The van der Waals surface area contributed by atoms with E-state index in [0.717, 1.165) is 46.0 Å². The van der Waals surface area contributed by atoms with Gasteiger partial charge in [0.05, 0.1) is 55.5 Å². The van der Waals surface area contributed by atoms with Crippen molar-refractivity contribution < 1.29 is 28.1 Å². The molecule has 266 valence electrons. The highest BCUT2D eigenvalue weighted by molar-refractivity contribution is 7.35. The van der Waals surface area contributed by atoms with E-state index in [9.17, 15) is 0 Å². The molecular weight excluding hydrogens is 671 g/mol. The van der Waals surface area contributed by atoms with Crippen LogP contribution in [0.3, 0.4) is 0 Å². The minimum atomic E-state index is -0.238. The fourth-order valence-corrected chi connectivity index (χ4v) is 6.59. The summed E-state index contributed by atoms with van der Waals surface area (Å²) in [6.07, 6.45) is 7.95. The third-order valence-corrected chi connectivity index (χ3v) is 9.79. The van der Waals surface area contributed by atoms with Crippen LogP contribution in [-0.4, -0.2) is 41.6 Å². The van der Waals surface area contributed by atoms with Crippen molar-refractivity contribution in [1.29, 1.82) is 0 Å². The average Bonchev–Trinajstić information content (AvgIpc) is 3.71. The van der Waals surface area contributed by atoms with Gasteiger partial charge in [-0.3, -0.25) is 0 Å². The summed E-state index contributed by atoms with van der Waals surface area (Å²) in [4.78, 5) is 9.43. The second-order valence-corrected chi connectivity index (χ2v) is 13.7. The number of methoxy groups -OCH3 is 2. The molecule has 6 rings (SSSR count). The molecule has 1 unspecified atom stereocenters. The lowest BCUT2D eigenvalue weighted by Crippen LogP contribution is -2.35. The number of benzene rings is 4. The van der Waals surface area contributed by atoms with Crippen molar-refractivity contribution in [1.82, 2.24) is 8.90 Å². The van der Waals surface area contributed by atoms with Gasteiger partial charge >= 0.3 is 23.4 Å². The van der Waals surface area contributed by atoms with E-state index in [1.165, 1.54) is 11.1 Å². The van der Waals surface area contributed by atoms with Gasteiger partial charge in [0.25, 0.3) is 0 Å². The number of hydrogen-bond donors (Lipinski definition) is 0. The topological polar surface area (TPSA) is 79.3 Å². The average molecular weight is 717 g/mol. The molecule has 0 saturated heterocycles. The molecule has 0 fully saturated rings. The second kappa shape index (κ2) is 15.7. The number of rotatable bonds is 11. The lowest BCUT2D eigenvalue weighted by Gasteiger charge is -2.26. The van der Waals surface area contributed by atoms with Gasteiger partial charge < -0.3 is 18.9 Å². The maximum Gasteiger partial charge on any atom is 0.347 e. The number of aromatic nitrogens is 4. The van der Waals surface area contributed by atoms with Gasteiger partial charge in [-0.25, -0.2) is 28.0 Å². The van der Waals surface area contributed by atoms with Gasteiger partial charge in [0.1, 0.15) is 47.8 Å². The second-order valence-electron chi connectivity index (χ2n) is 12.8. The number of hydrogen-bond acceptors (Lipinski definition) is 6. The number of aryl methyl sites for hydroxylation is 3. The predicted molar refractivity (Wildman–Crippen MR) is 206 cm³/mol. The zero-order valence-electron chi connectivity index (χ0n) is 30.9. The van der Waals surface area contributed by atoms with E-state index in [1.807, 2.05) is 132 Å². The Kier molecular flexibility index (Phi) is 10.9. The molecule has 0 saturated carbocycles. The van der Waals surface area contributed by atoms with Crippen LogP contribution in [0.1, 0.15) is 36.6 Å². The van der Waals surface area contributed by atoms with E-state index in [2.05, 4.69) is 49.1 Å². The van der Waals surface area contributed by atoms with Crippen molar-refractivity contribution in [3.05, 3.63) is 145 Å². The number of imidazole rings is 2. The molecule has 0 radical (unpaired) electrons. The zero-order chi connectivity index (χ0) is 36.8. The normalized spacial score (nSPS) is 12.4. The summed E-state index contributed by atoms with van der Waals surface area (Å²) < 4.78 is 31.6. The van der Waals surface area contributed by atoms with Gasteiger partial charge in [0.2, 0.25) is 0 Å². The Morgan fingerprint density at radius 3 is 1.37 bits per heavy atom. The quantitative estimate of drug-likeness (QED) is 0.0591. The highest BCUT2D eigenvalue weighted by Gasteiger charge is 2.24. The van der Waals surface area contributed by atoms with Gasteiger partial charge in [-0.2, -0.15) is 0 Å². The summed E-state index contributed by atoms with van der Waals surface area (Å²) in [7, 11) is 9.75. The molecule has 0 bridgehead atoms. The molecule has 2 heterocycles. The Morgan fingerprint density at radius 2 is 0.981 bits per heavy atom. The van der Waals surface area contributed by atoms with Crippen molar-refractivity contribution in [2.75, 3.05) is 20.9 Å². The Morgan fingerprint density at radius 1 is 0.596 bits per heavy atom. The Labute approximate surface area is 307 Å². The maximum absolute atomic E-state index is 6.18. The minimum Gasteiger partial charge on any atom is -0.475 e. The first-order valence-corrected chi connectivity index (χ1v) is 18.3. The standard InChI is InChI=1S/C41H45N6O4P/c1-41(2,29-9-17-33(18-10-29)50-35-21-13-31(14-22-35)42-37(48-6)39-44(3)25-26-45(39)4)30-11-19-34(20-12-30)51-36-23-15-32(16-24-36)43-38(49-7)40-46(5)27-28-47(40)52-8/h9-28,52H,1-8H3/q+2. The summed E-state index contributed by atoms with van der Waals surface area (Å²) >= 11 is 0. The van der Waals surface area contributed by atoms with Gasteiger partial charge in [0, 0.05) is 5.41 Å². The Bertz CT molecular complexity index is 2170. The molecule has 1 atom stereocenters. The highest BCUT2D eigenvalue weighted by Crippen LogP contribution is 2.35. The van der Waals surface area contributed by atoms with E-state index in [0.29, 0.717) is 20.5 Å². The van der Waals surface area contributed by atoms with Gasteiger partial charge in [-0.05, 0) is 90.6 Å². The van der Waals surface area contributed by atoms with Crippen molar-refractivity contribution in [3.63, 3.8) is 0 Å². The van der Waals surface area contributed by atoms with E-state index in [-0.39, 0.29) is 5.41 Å². The lowest BCUT2D eigenvalue weighted by molar-refractivity contribution is -0.672. The third kappa shape index (κ3) is 7.92. The van der Waals surface area contributed by atoms with Crippen LogP contribution in [0.15, 0.2) is 132 Å². The molecule has 6 aromatic rings. The van der Waals surface area contributed by atoms with Crippen LogP contribution in [-0.2, 0) is 36.0 Å². The molecular formula is C41H45N6O4P+2. The van der Waals surface area contributed by atoms with E-state index >= 15 is 0 Å². The molecule has 0 aliphatic rings. The third-order valence-electron chi connectivity index (χ3n) is 8.95. The first kappa shape index (κ1) is 36.1. The van der Waals surface area contributed by atoms with Crippen LogP contribution >= 0.6 is 8.73 Å². The molecule has 11 heteroatoms. The summed E-state index contributed by atoms with van der Waals surface area (Å²) in [6, 6.07) is 31.8. The Balaban J connectivity index is 1.08. The van der Waals surface area contributed by atoms with Crippen molar-refractivity contribution in [2.24, 2.45) is 31.1 Å². The molecule has 0 N–H and O–H groups in total. The van der Waals surface area contributed by atoms with Crippen LogP contribution in [0.4, 0.5) is 11.4 Å². The number of ether oxygens (including phenoxy) is 4.